The van der Waals surface area contributed by atoms with Crippen LogP contribution in [0.1, 0.15) is 76.9 Å². The smallest absolute Gasteiger partial charge is 0.0937 e. The molecule has 1 N–H and O–H groups in total. The fraction of sp³-hybridized carbons (Fsp3) is 0.583. The van der Waals surface area contributed by atoms with Gasteiger partial charge in [-0.25, -0.2) is 0 Å². The van der Waals surface area contributed by atoms with Crippen molar-refractivity contribution in [2.45, 2.75) is 71.3 Å². The van der Waals surface area contributed by atoms with Crippen LogP contribution < -0.4 is 0 Å². The molecule has 4 heteroatoms. The maximum Gasteiger partial charge on any atom is 0.0937 e. The molecule has 2 nitrogen and oxygen atoms in total. The summed E-state index contributed by atoms with van der Waals surface area (Å²) >= 11 is 6.49. The molecule has 158 valence electrons. The van der Waals surface area contributed by atoms with Crippen molar-refractivity contribution in [2.24, 2.45) is 0 Å². The lowest BCUT2D eigenvalue weighted by molar-refractivity contribution is 0.111. The second-order valence-corrected chi connectivity index (χ2v) is 8.03. The van der Waals surface area contributed by atoms with Crippen LogP contribution >= 0.6 is 24.0 Å². The predicted octanol–water partition coefficient (Wildman–Crippen LogP) is 7.41. The standard InChI is InChI=1S/C24H36ClNO.ClH/c1-3-5-7-11-17-26(18-12-8-6-4-2)19-23(27)24-21-14-10-9-13-20(21)15-16-22(24)25;/h9-10,13-16,23,27H,3-8,11-12,17-19H2,1-2H3;1H. The SMILES string of the molecule is CCCCCCN(CCCCCC)CC(O)c1c(Cl)ccc2ccccc12.Cl. The predicted molar refractivity (Wildman–Crippen MR) is 126 cm³/mol. The zero-order valence-corrected chi connectivity index (χ0v) is 19.1. The third-order valence-electron chi connectivity index (χ3n) is 5.34. The minimum absolute atomic E-state index is 0. The van der Waals surface area contributed by atoms with Crippen molar-refractivity contribution < 1.29 is 5.11 Å². The molecule has 2 aromatic carbocycles. The van der Waals surface area contributed by atoms with E-state index in [9.17, 15) is 5.11 Å². The van der Waals surface area contributed by atoms with Gasteiger partial charge in [0.1, 0.15) is 0 Å². The number of hydrogen-bond donors (Lipinski definition) is 1. The molecule has 2 aromatic rings. The van der Waals surface area contributed by atoms with Gasteiger partial charge in [0, 0.05) is 17.1 Å². The van der Waals surface area contributed by atoms with Crippen molar-refractivity contribution in [2.75, 3.05) is 19.6 Å². The van der Waals surface area contributed by atoms with E-state index < -0.39 is 6.10 Å². The van der Waals surface area contributed by atoms with Gasteiger partial charge in [0.2, 0.25) is 0 Å². The Labute approximate surface area is 182 Å². The second kappa shape index (κ2) is 14.2. The Bertz CT molecular complexity index is 665. The lowest BCUT2D eigenvalue weighted by Gasteiger charge is -2.26. The maximum absolute atomic E-state index is 11.0. The summed E-state index contributed by atoms with van der Waals surface area (Å²) in [7, 11) is 0. The van der Waals surface area contributed by atoms with Gasteiger partial charge in [0.25, 0.3) is 0 Å². The van der Waals surface area contributed by atoms with Crippen molar-refractivity contribution in [3.8, 4) is 0 Å². The molecule has 0 saturated carbocycles. The fourth-order valence-corrected chi connectivity index (χ4v) is 4.05. The summed E-state index contributed by atoms with van der Waals surface area (Å²) in [6.07, 6.45) is 9.49. The highest BCUT2D eigenvalue weighted by Crippen LogP contribution is 2.32. The normalized spacial score (nSPS) is 12.3. The molecular weight excluding hydrogens is 389 g/mol. The summed E-state index contributed by atoms with van der Waals surface area (Å²) in [5.74, 6) is 0. The summed E-state index contributed by atoms with van der Waals surface area (Å²) in [5, 5.41) is 13.9. The quantitative estimate of drug-likeness (QED) is 0.337. The van der Waals surface area contributed by atoms with Crippen LogP contribution in [-0.2, 0) is 0 Å². The summed E-state index contributed by atoms with van der Waals surface area (Å²) < 4.78 is 0. The van der Waals surface area contributed by atoms with Gasteiger partial charge in [-0.1, -0.05) is 94.3 Å². The highest BCUT2D eigenvalue weighted by atomic mass is 35.5. The van der Waals surface area contributed by atoms with E-state index in [0.717, 1.165) is 29.4 Å². The molecular formula is C24H37Cl2NO. The highest BCUT2D eigenvalue weighted by Gasteiger charge is 2.18. The van der Waals surface area contributed by atoms with E-state index in [1.165, 1.54) is 51.4 Å². The molecule has 0 heterocycles. The lowest BCUT2D eigenvalue weighted by atomic mass is 9.99. The number of rotatable bonds is 13. The third-order valence-corrected chi connectivity index (χ3v) is 5.67. The zero-order chi connectivity index (χ0) is 19.5. The van der Waals surface area contributed by atoms with Gasteiger partial charge >= 0.3 is 0 Å². The van der Waals surface area contributed by atoms with Gasteiger partial charge in [0.05, 0.1) is 6.10 Å². The van der Waals surface area contributed by atoms with Gasteiger partial charge in [-0.3, -0.25) is 0 Å². The van der Waals surface area contributed by atoms with Crippen molar-refractivity contribution in [1.82, 2.24) is 4.90 Å². The average Bonchev–Trinajstić information content (AvgIpc) is 2.68. The van der Waals surface area contributed by atoms with Crippen LogP contribution in [0.15, 0.2) is 36.4 Å². The molecule has 0 radical (unpaired) electrons. The first-order valence-electron chi connectivity index (χ1n) is 10.7. The first-order chi connectivity index (χ1) is 13.2. The first-order valence-corrected chi connectivity index (χ1v) is 11.1. The molecule has 0 saturated heterocycles. The van der Waals surface area contributed by atoms with Crippen LogP contribution in [0.5, 0.6) is 0 Å². The van der Waals surface area contributed by atoms with Gasteiger partial charge < -0.3 is 10.0 Å². The third kappa shape index (κ3) is 7.91. The first kappa shape index (κ1) is 25.2. The topological polar surface area (TPSA) is 23.5 Å². The number of fused-ring (bicyclic) bond motifs is 1. The number of hydrogen-bond acceptors (Lipinski definition) is 2. The minimum atomic E-state index is -0.555. The van der Waals surface area contributed by atoms with Gasteiger partial charge in [-0.15, -0.1) is 12.4 Å². The lowest BCUT2D eigenvalue weighted by Crippen LogP contribution is -2.31. The van der Waals surface area contributed by atoms with Crippen LogP contribution in [0.3, 0.4) is 0 Å². The summed E-state index contributed by atoms with van der Waals surface area (Å²) in [4.78, 5) is 2.44. The van der Waals surface area contributed by atoms with Crippen LogP contribution in [-0.4, -0.2) is 29.6 Å². The fourth-order valence-electron chi connectivity index (χ4n) is 3.76. The molecule has 0 aliphatic carbocycles. The molecule has 28 heavy (non-hydrogen) atoms. The molecule has 0 fully saturated rings. The molecule has 2 rings (SSSR count). The molecule has 0 aliphatic rings. The van der Waals surface area contributed by atoms with Crippen molar-refractivity contribution in [3.63, 3.8) is 0 Å². The summed E-state index contributed by atoms with van der Waals surface area (Å²) in [6, 6.07) is 12.1. The number of benzene rings is 2. The second-order valence-electron chi connectivity index (χ2n) is 7.62. The zero-order valence-electron chi connectivity index (χ0n) is 17.5. The molecule has 1 unspecified atom stereocenters. The van der Waals surface area contributed by atoms with Crippen LogP contribution in [0, 0.1) is 0 Å². The van der Waals surface area contributed by atoms with Crippen molar-refractivity contribution in [1.29, 1.82) is 0 Å². The molecule has 0 spiro atoms. The number of halogens is 2. The molecule has 1 atom stereocenters. The monoisotopic (exact) mass is 425 g/mol. The minimum Gasteiger partial charge on any atom is -0.387 e. The summed E-state index contributed by atoms with van der Waals surface area (Å²) in [6.45, 7) is 7.27. The number of unbranched alkanes of at least 4 members (excludes halogenated alkanes) is 6. The Morgan fingerprint density at radius 1 is 0.857 bits per heavy atom. The molecule has 0 bridgehead atoms. The molecule has 0 aliphatic heterocycles. The van der Waals surface area contributed by atoms with Gasteiger partial charge in [-0.2, -0.15) is 0 Å². The van der Waals surface area contributed by atoms with Crippen molar-refractivity contribution in [3.05, 3.63) is 47.0 Å². The van der Waals surface area contributed by atoms with E-state index >= 15 is 0 Å². The van der Waals surface area contributed by atoms with Crippen molar-refractivity contribution >= 4 is 34.8 Å². The molecule has 0 aromatic heterocycles. The molecule has 0 amide bonds. The Balaban J connectivity index is 0.00000392. The van der Waals surface area contributed by atoms with Crippen LogP contribution in [0.25, 0.3) is 10.8 Å². The van der Waals surface area contributed by atoms with Crippen LogP contribution in [0.4, 0.5) is 0 Å². The Morgan fingerprint density at radius 2 is 1.46 bits per heavy atom. The number of aliphatic hydroxyl groups excluding tert-OH is 1. The van der Waals surface area contributed by atoms with E-state index in [1.807, 2.05) is 24.3 Å². The van der Waals surface area contributed by atoms with E-state index in [-0.39, 0.29) is 12.4 Å². The van der Waals surface area contributed by atoms with Gasteiger partial charge in [-0.05, 0) is 42.8 Å². The van der Waals surface area contributed by atoms with Gasteiger partial charge in [0.15, 0.2) is 0 Å². The van der Waals surface area contributed by atoms with E-state index in [4.69, 9.17) is 11.6 Å². The average molecular weight is 426 g/mol. The largest absolute Gasteiger partial charge is 0.387 e. The summed E-state index contributed by atoms with van der Waals surface area (Å²) in [5.41, 5.74) is 0.877. The highest BCUT2D eigenvalue weighted by molar-refractivity contribution is 6.32. The Kier molecular flexibility index (Phi) is 12.8. The van der Waals surface area contributed by atoms with Crippen LogP contribution in [0.2, 0.25) is 5.02 Å². The Hall–Kier alpha value is -0.800. The number of aliphatic hydroxyl groups is 1. The Morgan fingerprint density at radius 3 is 2.07 bits per heavy atom. The number of nitrogens with zero attached hydrogens (tertiary/aromatic N) is 1. The maximum atomic E-state index is 11.0. The van der Waals surface area contributed by atoms with E-state index in [1.54, 1.807) is 0 Å². The van der Waals surface area contributed by atoms with E-state index in [0.29, 0.717) is 11.6 Å². The van der Waals surface area contributed by atoms with E-state index in [2.05, 4.69) is 30.9 Å².